The molecule has 0 spiro atoms. The number of benzene rings is 2. The van der Waals surface area contributed by atoms with Gasteiger partial charge in [0.15, 0.2) is 18.2 Å². The lowest BCUT2D eigenvalue weighted by Crippen LogP contribution is -2.57. The fourth-order valence-corrected chi connectivity index (χ4v) is 18.0. The lowest BCUT2D eigenvalue weighted by atomic mass is 9.80. The Hall–Kier alpha value is -1.82. The van der Waals surface area contributed by atoms with Gasteiger partial charge in [0.05, 0.1) is 15.3 Å². The summed E-state index contributed by atoms with van der Waals surface area (Å²) in [6.45, 7) is 18.3. The first-order chi connectivity index (χ1) is 20.7. The van der Waals surface area contributed by atoms with E-state index in [1.54, 1.807) is 41.5 Å². The molecule has 2 heterocycles. The van der Waals surface area contributed by atoms with Gasteiger partial charge in [0, 0.05) is 19.6 Å². The molecule has 7 nitrogen and oxygen atoms in total. The summed E-state index contributed by atoms with van der Waals surface area (Å²) in [6.07, 6.45) is 5.53. The standard InChI is InChI=1S/C34H51NO6S2Si/c1-8-9-22-33(23-16-17-24-40-44(27(2)3,28(4)5)29(6)7)26-34(43(38,39)31-20-14-11-15-21-31)32(25-35(33)41-34)42(36,37)30-18-12-10-13-19-30/h8,10-15,18-21,27-29,32H,1,9,16-17,22-26H2,2-7H3. The Morgan fingerprint density at radius 1 is 0.886 bits per heavy atom. The van der Waals surface area contributed by atoms with E-state index < -0.39 is 43.7 Å². The minimum absolute atomic E-state index is 0.0129. The van der Waals surface area contributed by atoms with Crippen LogP contribution in [0.2, 0.25) is 16.6 Å². The quantitative estimate of drug-likeness (QED) is 0.103. The number of hydrogen-bond acceptors (Lipinski definition) is 7. The van der Waals surface area contributed by atoms with Crippen LogP contribution in [-0.4, -0.2) is 59.1 Å². The van der Waals surface area contributed by atoms with Crippen molar-refractivity contribution in [3.05, 3.63) is 73.3 Å². The van der Waals surface area contributed by atoms with Crippen molar-refractivity contribution in [3.8, 4) is 0 Å². The molecule has 0 saturated carbocycles. The van der Waals surface area contributed by atoms with E-state index in [-0.39, 0.29) is 22.8 Å². The molecule has 4 rings (SSSR count). The van der Waals surface area contributed by atoms with Crippen LogP contribution < -0.4 is 0 Å². The summed E-state index contributed by atoms with van der Waals surface area (Å²) in [4.78, 5) is 4.66. The third kappa shape index (κ3) is 6.02. The Morgan fingerprint density at radius 2 is 1.43 bits per heavy atom. The van der Waals surface area contributed by atoms with E-state index in [1.165, 1.54) is 24.3 Å². The number of unbranched alkanes of at least 4 members (excludes halogenated alkanes) is 1. The van der Waals surface area contributed by atoms with Crippen LogP contribution in [0.25, 0.3) is 0 Å². The van der Waals surface area contributed by atoms with Gasteiger partial charge in [0.25, 0.3) is 0 Å². The molecule has 10 heteroatoms. The van der Waals surface area contributed by atoms with Gasteiger partial charge in [-0.2, -0.15) is 5.06 Å². The number of nitrogens with zero attached hydrogens (tertiary/aromatic N) is 1. The number of sulfone groups is 2. The molecule has 2 aromatic rings. The van der Waals surface area contributed by atoms with Gasteiger partial charge >= 0.3 is 0 Å². The molecular formula is C34H51NO6S2Si. The van der Waals surface area contributed by atoms with Crippen LogP contribution in [0.5, 0.6) is 0 Å². The highest BCUT2D eigenvalue weighted by atomic mass is 32.2. The van der Waals surface area contributed by atoms with Gasteiger partial charge in [-0.3, -0.25) is 4.84 Å². The fraction of sp³-hybridized carbons (Fsp3) is 0.588. The molecule has 2 fully saturated rings. The second kappa shape index (κ2) is 13.5. The summed E-state index contributed by atoms with van der Waals surface area (Å²) >= 11 is 0. The Balaban J connectivity index is 1.65. The normalized spacial score (nSPS) is 25.8. The molecule has 0 amide bonds. The predicted molar refractivity (Wildman–Crippen MR) is 179 cm³/mol. The largest absolute Gasteiger partial charge is 0.416 e. The summed E-state index contributed by atoms with van der Waals surface area (Å²) in [7, 11) is -10.3. The van der Waals surface area contributed by atoms with Crippen LogP contribution in [0.1, 0.15) is 80.1 Å². The average molecular weight is 662 g/mol. The minimum atomic E-state index is -4.22. The molecular weight excluding hydrogens is 611 g/mol. The van der Waals surface area contributed by atoms with Crippen molar-refractivity contribution >= 4 is 28.0 Å². The van der Waals surface area contributed by atoms with Gasteiger partial charge in [-0.1, -0.05) is 84.0 Å². The fourth-order valence-electron chi connectivity index (χ4n) is 8.01. The summed E-state index contributed by atoms with van der Waals surface area (Å²) in [5.41, 5.74) is 0.857. The molecule has 244 valence electrons. The molecule has 0 radical (unpaired) electrons. The van der Waals surface area contributed by atoms with Crippen molar-refractivity contribution in [2.45, 2.75) is 122 Å². The van der Waals surface area contributed by atoms with Gasteiger partial charge in [0.2, 0.25) is 14.8 Å². The third-order valence-corrected chi connectivity index (χ3v) is 20.8. The van der Waals surface area contributed by atoms with E-state index >= 15 is 0 Å². The highest BCUT2D eigenvalue weighted by Gasteiger charge is 2.73. The number of hydroxylamine groups is 2. The summed E-state index contributed by atoms with van der Waals surface area (Å²) < 4.78 is 64.0. The van der Waals surface area contributed by atoms with Crippen LogP contribution in [0, 0.1) is 0 Å². The number of rotatable bonds is 16. The molecule has 4 atom stereocenters. The zero-order valence-electron chi connectivity index (χ0n) is 27.2. The van der Waals surface area contributed by atoms with Crippen molar-refractivity contribution < 1.29 is 26.1 Å². The van der Waals surface area contributed by atoms with Crippen LogP contribution >= 0.6 is 0 Å². The zero-order valence-corrected chi connectivity index (χ0v) is 29.9. The predicted octanol–water partition coefficient (Wildman–Crippen LogP) is 7.72. The van der Waals surface area contributed by atoms with Crippen molar-refractivity contribution in [2.24, 2.45) is 0 Å². The van der Waals surface area contributed by atoms with E-state index in [0.29, 0.717) is 42.5 Å². The summed E-state index contributed by atoms with van der Waals surface area (Å²) in [6, 6.07) is 16.2. The second-order valence-electron chi connectivity index (χ2n) is 13.5. The van der Waals surface area contributed by atoms with E-state index in [9.17, 15) is 16.8 Å². The van der Waals surface area contributed by atoms with Gasteiger partial charge in [0.1, 0.15) is 5.25 Å². The molecule has 0 N–H and O–H groups in total. The maximum Gasteiger partial charge on any atom is 0.214 e. The Kier molecular flexibility index (Phi) is 10.7. The molecule has 4 unspecified atom stereocenters. The molecule has 2 aliphatic heterocycles. The Morgan fingerprint density at radius 3 is 1.95 bits per heavy atom. The topological polar surface area (TPSA) is 90.0 Å². The van der Waals surface area contributed by atoms with Gasteiger partial charge in [-0.15, -0.1) is 6.58 Å². The molecule has 2 aliphatic rings. The maximum absolute atomic E-state index is 14.5. The maximum atomic E-state index is 14.5. The summed E-state index contributed by atoms with van der Waals surface area (Å²) in [5.74, 6) is 0. The number of allylic oxidation sites excluding steroid dienone is 1. The molecule has 0 aliphatic carbocycles. The van der Waals surface area contributed by atoms with E-state index in [4.69, 9.17) is 9.26 Å². The first-order valence-electron chi connectivity index (χ1n) is 16.0. The van der Waals surface area contributed by atoms with Crippen molar-refractivity contribution in [1.82, 2.24) is 5.06 Å². The molecule has 0 aromatic heterocycles. The zero-order chi connectivity index (χ0) is 32.4. The number of piperidine rings is 1. The highest BCUT2D eigenvalue weighted by molar-refractivity contribution is 7.96. The number of hydrogen-bond donors (Lipinski definition) is 0. The van der Waals surface area contributed by atoms with Crippen molar-refractivity contribution in [1.29, 1.82) is 0 Å². The van der Waals surface area contributed by atoms with Gasteiger partial charge < -0.3 is 4.43 Å². The Labute approximate surface area is 267 Å². The van der Waals surface area contributed by atoms with Crippen LogP contribution in [0.15, 0.2) is 83.1 Å². The van der Waals surface area contributed by atoms with E-state index in [1.807, 2.05) is 6.08 Å². The first kappa shape index (κ1) is 35.0. The van der Waals surface area contributed by atoms with Crippen LogP contribution in [0.4, 0.5) is 0 Å². The first-order valence-corrected chi connectivity index (χ1v) is 21.2. The van der Waals surface area contributed by atoms with E-state index in [0.717, 1.165) is 12.8 Å². The minimum Gasteiger partial charge on any atom is -0.416 e. The molecule has 2 bridgehead atoms. The summed E-state index contributed by atoms with van der Waals surface area (Å²) in [5, 5.41) is 0.441. The molecule has 2 saturated heterocycles. The van der Waals surface area contributed by atoms with Crippen molar-refractivity contribution in [3.63, 3.8) is 0 Å². The average Bonchev–Trinajstić information content (AvgIpc) is 3.55. The lowest BCUT2D eigenvalue weighted by Gasteiger charge is -2.42. The smallest absolute Gasteiger partial charge is 0.214 e. The SMILES string of the molecule is C=CCCC1(CCCCO[Si](C(C)C)(C(C)C)C(C)C)CC2(S(=O)(=O)c3ccccc3)ON1CC2S(=O)(=O)c1ccccc1. The number of fused-ring (bicyclic) bond motifs is 2. The highest BCUT2D eigenvalue weighted by Crippen LogP contribution is 2.57. The van der Waals surface area contributed by atoms with Crippen LogP contribution in [0.3, 0.4) is 0 Å². The second-order valence-corrected chi connectivity index (χ2v) is 23.2. The lowest BCUT2D eigenvalue weighted by molar-refractivity contribution is -0.156. The van der Waals surface area contributed by atoms with E-state index in [2.05, 4.69) is 48.1 Å². The van der Waals surface area contributed by atoms with Crippen molar-refractivity contribution in [2.75, 3.05) is 13.2 Å². The van der Waals surface area contributed by atoms with Crippen LogP contribution in [-0.2, 0) is 28.9 Å². The molecule has 44 heavy (non-hydrogen) atoms. The van der Waals surface area contributed by atoms with Gasteiger partial charge in [-0.25, -0.2) is 16.8 Å². The Bertz CT molecular complexity index is 1460. The monoisotopic (exact) mass is 661 g/mol. The third-order valence-electron chi connectivity index (χ3n) is 10.1. The molecule has 2 aromatic carbocycles. The van der Waals surface area contributed by atoms with Gasteiger partial charge in [-0.05, 0) is 73.0 Å².